The molecule has 1 unspecified atom stereocenters. The van der Waals surface area contributed by atoms with Gasteiger partial charge in [0.2, 0.25) is 5.91 Å². The lowest BCUT2D eigenvalue weighted by Gasteiger charge is -2.16. The number of carboxylic acid groups (broad SMARTS) is 1. The molecule has 2 aromatic rings. The predicted octanol–water partition coefficient (Wildman–Crippen LogP) is 3.84. The van der Waals surface area contributed by atoms with Crippen LogP contribution in [-0.2, 0) is 16.0 Å². The van der Waals surface area contributed by atoms with Crippen LogP contribution in [0, 0.1) is 0 Å². The molecule has 0 saturated heterocycles. The maximum Gasteiger partial charge on any atom is 0.303 e. The summed E-state index contributed by atoms with van der Waals surface area (Å²) in [5.41, 5.74) is 2.58. The summed E-state index contributed by atoms with van der Waals surface area (Å²) in [5, 5.41) is 11.6. The Hall–Kier alpha value is -2.82. The van der Waals surface area contributed by atoms with Crippen molar-refractivity contribution in [3.63, 3.8) is 0 Å². The Morgan fingerprint density at radius 3 is 2.24 bits per heavy atom. The third-order valence-corrected chi connectivity index (χ3v) is 4.09. The summed E-state index contributed by atoms with van der Waals surface area (Å²) in [6, 6.07) is 14.8. The molecule has 1 amide bonds. The summed E-state index contributed by atoms with van der Waals surface area (Å²) >= 11 is 0. The van der Waals surface area contributed by atoms with Gasteiger partial charge >= 0.3 is 5.97 Å². The number of ether oxygens (including phenoxy) is 1. The first kappa shape index (κ1) is 18.5. The van der Waals surface area contributed by atoms with E-state index in [0.717, 1.165) is 16.9 Å². The summed E-state index contributed by atoms with van der Waals surface area (Å²) in [6.45, 7) is 1.98. The minimum Gasteiger partial charge on any atom is -0.497 e. The number of aliphatic carboxylic acids is 1. The van der Waals surface area contributed by atoms with Crippen LogP contribution in [0.15, 0.2) is 48.5 Å². The van der Waals surface area contributed by atoms with Gasteiger partial charge < -0.3 is 15.2 Å². The smallest absolute Gasteiger partial charge is 0.303 e. The maximum atomic E-state index is 12.6. The van der Waals surface area contributed by atoms with Crippen molar-refractivity contribution in [1.82, 2.24) is 0 Å². The van der Waals surface area contributed by atoms with Gasteiger partial charge in [-0.1, -0.05) is 31.2 Å². The van der Waals surface area contributed by atoms with E-state index in [1.807, 2.05) is 43.3 Å². The van der Waals surface area contributed by atoms with Gasteiger partial charge in [-0.05, 0) is 48.2 Å². The Morgan fingerprint density at radius 1 is 1.08 bits per heavy atom. The van der Waals surface area contributed by atoms with Gasteiger partial charge in [-0.25, -0.2) is 0 Å². The minimum atomic E-state index is -0.817. The van der Waals surface area contributed by atoms with Crippen LogP contribution in [0.5, 0.6) is 5.75 Å². The molecular weight excluding hydrogens is 318 g/mol. The zero-order chi connectivity index (χ0) is 18.2. The summed E-state index contributed by atoms with van der Waals surface area (Å²) in [7, 11) is 1.61. The summed E-state index contributed by atoms with van der Waals surface area (Å²) in [4.78, 5) is 23.2. The number of methoxy groups -OCH3 is 1. The molecule has 5 heteroatoms. The van der Waals surface area contributed by atoms with Crippen LogP contribution in [-0.4, -0.2) is 24.1 Å². The molecule has 0 fully saturated rings. The lowest BCUT2D eigenvalue weighted by molar-refractivity contribution is -0.137. The minimum absolute atomic E-state index is 0.0639. The van der Waals surface area contributed by atoms with Gasteiger partial charge in [-0.2, -0.15) is 0 Å². The number of aryl methyl sites for hydroxylation is 1. The number of carbonyl (C=O) groups excluding carboxylic acids is 1. The second-order valence-corrected chi connectivity index (χ2v) is 5.81. The van der Waals surface area contributed by atoms with Crippen LogP contribution >= 0.6 is 0 Å². The average Bonchev–Trinajstić information content (AvgIpc) is 2.62. The highest BCUT2D eigenvalue weighted by atomic mass is 16.5. The number of nitrogens with one attached hydrogen (secondary N) is 1. The molecule has 0 aliphatic carbocycles. The predicted molar refractivity (Wildman–Crippen MR) is 97.1 cm³/mol. The number of carbonyl (C=O) groups is 2. The largest absolute Gasteiger partial charge is 0.497 e. The van der Waals surface area contributed by atoms with Gasteiger partial charge in [-0.15, -0.1) is 0 Å². The first-order chi connectivity index (χ1) is 12.0. The molecule has 2 N–H and O–H groups in total. The Morgan fingerprint density at radius 2 is 1.72 bits per heavy atom. The SMILES string of the molecule is CCC(C(=O)Nc1ccc(CCC(=O)O)cc1)c1ccc(OC)cc1. The molecule has 5 nitrogen and oxygen atoms in total. The van der Waals surface area contributed by atoms with Crippen LogP contribution < -0.4 is 10.1 Å². The lowest BCUT2D eigenvalue weighted by atomic mass is 9.95. The van der Waals surface area contributed by atoms with Crippen molar-refractivity contribution in [3.05, 3.63) is 59.7 Å². The van der Waals surface area contributed by atoms with Gasteiger partial charge in [0.1, 0.15) is 5.75 Å². The molecule has 0 aromatic heterocycles. The van der Waals surface area contributed by atoms with Crippen molar-refractivity contribution >= 4 is 17.6 Å². The van der Waals surface area contributed by atoms with Gasteiger partial charge in [-0.3, -0.25) is 9.59 Å². The number of carboxylic acids is 1. The van der Waals surface area contributed by atoms with Crippen LogP contribution in [0.2, 0.25) is 0 Å². The lowest BCUT2D eigenvalue weighted by Crippen LogP contribution is -2.20. The van der Waals surface area contributed by atoms with Crippen molar-refractivity contribution < 1.29 is 19.4 Å². The van der Waals surface area contributed by atoms with E-state index in [1.54, 1.807) is 19.2 Å². The topological polar surface area (TPSA) is 75.6 Å². The van der Waals surface area contributed by atoms with Crippen molar-refractivity contribution in [3.8, 4) is 5.75 Å². The zero-order valence-electron chi connectivity index (χ0n) is 14.5. The molecule has 1 atom stereocenters. The van der Waals surface area contributed by atoms with E-state index in [2.05, 4.69) is 5.32 Å². The average molecular weight is 341 g/mol. The molecule has 2 aromatic carbocycles. The molecule has 0 aliphatic heterocycles. The first-order valence-electron chi connectivity index (χ1n) is 8.29. The van der Waals surface area contributed by atoms with E-state index in [4.69, 9.17) is 9.84 Å². The van der Waals surface area contributed by atoms with Crippen molar-refractivity contribution in [2.24, 2.45) is 0 Å². The molecule has 2 rings (SSSR count). The Balaban J connectivity index is 2.02. The molecule has 0 spiro atoms. The Kier molecular flexibility index (Phi) is 6.57. The summed E-state index contributed by atoms with van der Waals surface area (Å²) in [5.74, 6) is -0.359. The van der Waals surface area contributed by atoms with Crippen LogP contribution in [0.3, 0.4) is 0 Å². The van der Waals surface area contributed by atoms with Gasteiger partial charge in [0, 0.05) is 12.1 Å². The number of rotatable bonds is 8. The fourth-order valence-corrected chi connectivity index (χ4v) is 2.64. The van der Waals surface area contributed by atoms with E-state index in [9.17, 15) is 9.59 Å². The Bertz CT molecular complexity index is 707. The molecule has 0 saturated carbocycles. The van der Waals surface area contributed by atoms with E-state index < -0.39 is 5.97 Å². The second kappa shape index (κ2) is 8.87. The standard InChI is InChI=1S/C20H23NO4/c1-3-18(15-7-11-17(25-2)12-8-15)20(24)21-16-9-4-14(5-10-16)6-13-19(22)23/h4-5,7-12,18H,3,6,13H2,1-2H3,(H,21,24)(H,22,23). The zero-order valence-corrected chi connectivity index (χ0v) is 14.5. The summed E-state index contributed by atoms with van der Waals surface area (Å²) < 4.78 is 5.15. The first-order valence-corrected chi connectivity index (χ1v) is 8.29. The van der Waals surface area contributed by atoms with Crippen LogP contribution in [0.1, 0.15) is 36.8 Å². The van der Waals surface area contributed by atoms with Crippen molar-refractivity contribution in [1.29, 1.82) is 0 Å². The van der Waals surface area contributed by atoms with E-state index >= 15 is 0 Å². The van der Waals surface area contributed by atoms with Crippen molar-refractivity contribution in [2.75, 3.05) is 12.4 Å². The molecular formula is C20H23NO4. The van der Waals surface area contributed by atoms with Gasteiger partial charge in [0.25, 0.3) is 0 Å². The van der Waals surface area contributed by atoms with E-state index in [0.29, 0.717) is 18.5 Å². The second-order valence-electron chi connectivity index (χ2n) is 5.81. The normalized spacial score (nSPS) is 11.6. The molecule has 0 aliphatic rings. The highest BCUT2D eigenvalue weighted by molar-refractivity contribution is 5.95. The Labute approximate surface area is 147 Å². The number of hydrogen-bond donors (Lipinski definition) is 2. The van der Waals surface area contributed by atoms with Gasteiger partial charge in [0.05, 0.1) is 13.0 Å². The highest BCUT2D eigenvalue weighted by Gasteiger charge is 2.18. The molecule has 0 heterocycles. The summed E-state index contributed by atoms with van der Waals surface area (Å²) in [6.07, 6.45) is 1.27. The maximum absolute atomic E-state index is 12.6. The highest BCUT2D eigenvalue weighted by Crippen LogP contribution is 2.24. The fourth-order valence-electron chi connectivity index (χ4n) is 2.64. The number of hydrogen-bond acceptors (Lipinski definition) is 3. The number of benzene rings is 2. The number of anilines is 1. The molecule has 0 bridgehead atoms. The van der Waals surface area contributed by atoms with E-state index in [1.165, 1.54) is 0 Å². The third-order valence-electron chi connectivity index (χ3n) is 4.09. The number of amides is 1. The fraction of sp³-hybridized carbons (Fsp3) is 0.300. The van der Waals surface area contributed by atoms with Gasteiger partial charge in [0.15, 0.2) is 0 Å². The van der Waals surface area contributed by atoms with Crippen molar-refractivity contribution in [2.45, 2.75) is 32.1 Å². The molecule has 132 valence electrons. The third kappa shape index (κ3) is 5.35. The molecule has 0 radical (unpaired) electrons. The van der Waals surface area contributed by atoms with Crippen LogP contribution in [0.4, 0.5) is 5.69 Å². The van der Waals surface area contributed by atoms with Crippen LogP contribution in [0.25, 0.3) is 0 Å². The quantitative estimate of drug-likeness (QED) is 0.765. The van der Waals surface area contributed by atoms with E-state index in [-0.39, 0.29) is 18.2 Å². The monoisotopic (exact) mass is 341 g/mol. The molecule has 25 heavy (non-hydrogen) atoms.